The molecule has 6 heteroatoms. The van der Waals surface area contributed by atoms with Crippen LogP contribution in [-0.4, -0.2) is 29.2 Å². The number of nitrogens with zero attached hydrogens (tertiary/aromatic N) is 1. The maximum absolute atomic E-state index is 13.3. The molecule has 2 unspecified atom stereocenters. The van der Waals surface area contributed by atoms with Gasteiger partial charge in [0.25, 0.3) is 0 Å². The zero-order valence-electron chi connectivity index (χ0n) is 13.7. The second-order valence-corrected chi connectivity index (χ2v) is 6.45. The Morgan fingerprint density at radius 2 is 2.25 bits per heavy atom. The first kappa shape index (κ1) is 16.8. The molecule has 1 amide bonds. The van der Waals surface area contributed by atoms with Crippen LogP contribution in [0.1, 0.15) is 30.2 Å². The summed E-state index contributed by atoms with van der Waals surface area (Å²) in [6.07, 6.45) is -0.0579. The molecule has 0 aliphatic carbocycles. The zero-order valence-corrected chi connectivity index (χ0v) is 13.7. The van der Waals surface area contributed by atoms with Crippen molar-refractivity contribution in [1.82, 2.24) is 15.8 Å². The second kappa shape index (κ2) is 7.25. The molecular formula is C18H22N3O3. The first-order valence-electron chi connectivity index (χ1n) is 8.26. The third-order valence-corrected chi connectivity index (χ3v) is 4.81. The highest BCUT2D eigenvalue weighted by atomic mass is 16.5. The molecule has 3 atom stereocenters. The molecule has 1 saturated heterocycles. The van der Waals surface area contributed by atoms with Gasteiger partial charge in [0.1, 0.15) is 6.10 Å². The number of carbonyl (C=O) groups excluding carboxylic acids is 1. The summed E-state index contributed by atoms with van der Waals surface area (Å²) in [5.41, 5.74) is 4.07. The van der Waals surface area contributed by atoms with Crippen LogP contribution in [-0.2, 0) is 9.90 Å². The minimum atomic E-state index is -0.921. The number of amides is 1. The number of hydrogen-bond donors (Lipinski definition) is 3. The van der Waals surface area contributed by atoms with Crippen molar-refractivity contribution in [3.05, 3.63) is 41.6 Å². The van der Waals surface area contributed by atoms with Gasteiger partial charge in [0.05, 0.1) is 5.52 Å². The third-order valence-electron chi connectivity index (χ3n) is 4.81. The number of para-hydroxylation sites is 1. The molecule has 0 spiro atoms. The first-order valence-corrected chi connectivity index (χ1v) is 8.26. The van der Waals surface area contributed by atoms with Gasteiger partial charge in [0.2, 0.25) is 5.91 Å². The van der Waals surface area contributed by atoms with Crippen molar-refractivity contribution in [2.45, 2.75) is 25.9 Å². The predicted molar refractivity (Wildman–Crippen MR) is 88.9 cm³/mol. The summed E-state index contributed by atoms with van der Waals surface area (Å²) in [5.74, 6) is -0.703. The van der Waals surface area contributed by atoms with Gasteiger partial charge in [-0.3, -0.25) is 15.0 Å². The van der Waals surface area contributed by atoms with Crippen LogP contribution in [0.15, 0.2) is 30.3 Å². The molecule has 1 radical (unpaired) electrons. The molecule has 6 nitrogen and oxygen atoms in total. The predicted octanol–water partition coefficient (Wildman–Crippen LogP) is 2.14. The molecule has 1 aliphatic rings. The van der Waals surface area contributed by atoms with Gasteiger partial charge in [0, 0.05) is 17.5 Å². The summed E-state index contributed by atoms with van der Waals surface area (Å²) in [4.78, 5) is 16.0. The lowest BCUT2D eigenvalue weighted by Gasteiger charge is -2.34. The lowest BCUT2D eigenvalue weighted by molar-refractivity contribution is -0.131. The Hall–Kier alpha value is -2.02. The van der Waals surface area contributed by atoms with E-state index in [1.807, 2.05) is 37.3 Å². The molecule has 1 aromatic carbocycles. The number of pyridine rings is 1. The molecule has 3 N–H and O–H groups in total. The van der Waals surface area contributed by atoms with Gasteiger partial charge in [-0.05, 0) is 56.0 Å². The van der Waals surface area contributed by atoms with E-state index in [0.717, 1.165) is 28.7 Å². The zero-order chi connectivity index (χ0) is 17.1. The molecule has 1 fully saturated rings. The Kier molecular flexibility index (Phi) is 5.08. The average molecular weight is 328 g/mol. The molecule has 2 heterocycles. The Morgan fingerprint density at radius 1 is 1.46 bits per heavy atom. The van der Waals surface area contributed by atoms with Gasteiger partial charge in [-0.1, -0.05) is 18.2 Å². The first-order chi connectivity index (χ1) is 11.6. The Balaban J connectivity index is 1.94. The summed E-state index contributed by atoms with van der Waals surface area (Å²) >= 11 is 0. The van der Waals surface area contributed by atoms with Crippen LogP contribution < -0.4 is 10.8 Å². The molecule has 0 saturated carbocycles. The fraction of sp³-hybridized carbons (Fsp3) is 0.444. The smallest absolute Gasteiger partial charge is 0.243 e. The van der Waals surface area contributed by atoms with E-state index in [9.17, 15) is 9.90 Å². The van der Waals surface area contributed by atoms with Crippen molar-refractivity contribution in [1.29, 1.82) is 0 Å². The van der Waals surface area contributed by atoms with Crippen LogP contribution in [0.25, 0.3) is 10.9 Å². The number of nitrogens with one attached hydrogen (secondary N) is 2. The number of benzene rings is 1. The lowest BCUT2D eigenvalue weighted by Crippen LogP contribution is -2.41. The van der Waals surface area contributed by atoms with Gasteiger partial charge in [-0.15, -0.1) is 0 Å². The van der Waals surface area contributed by atoms with Crippen molar-refractivity contribution in [2.24, 2.45) is 11.8 Å². The van der Waals surface area contributed by atoms with Gasteiger partial charge in [-0.2, -0.15) is 0 Å². The standard InChI is InChI=1S/C18H22N3O3/c1-11-8-15(14-4-2-3-5-16(14)20-11)18(23)13-6-7-19-10-12(13)9-17(22)21-24/h2-5,8,12-13,18-19,24H,6-7,9-10H2,1H3,(H,21,22)/t12-,13?,18?/m1/s1. The monoisotopic (exact) mass is 328 g/mol. The number of rotatable bonds is 4. The van der Waals surface area contributed by atoms with Gasteiger partial charge < -0.3 is 5.32 Å². The fourth-order valence-electron chi connectivity index (χ4n) is 3.66. The highest BCUT2D eigenvalue weighted by molar-refractivity contribution is 5.82. The van der Waals surface area contributed by atoms with Crippen molar-refractivity contribution < 1.29 is 15.1 Å². The van der Waals surface area contributed by atoms with Gasteiger partial charge >= 0.3 is 0 Å². The van der Waals surface area contributed by atoms with Crippen molar-refractivity contribution >= 4 is 16.8 Å². The van der Waals surface area contributed by atoms with Crippen LogP contribution in [0.4, 0.5) is 0 Å². The van der Waals surface area contributed by atoms with Crippen molar-refractivity contribution in [3.63, 3.8) is 0 Å². The number of hydrogen-bond acceptors (Lipinski definition) is 4. The highest BCUT2D eigenvalue weighted by Crippen LogP contribution is 2.37. The SMILES string of the molecule is Cc1cc(C([O])C2CCNC[C@H]2CC(=O)NO)c2ccccc2n1. The Morgan fingerprint density at radius 3 is 3.04 bits per heavy atom. The summed E-state index contributed by atoms with van der Waals surface area (Å²) in [5, 5.41) is 26.2. The van der Waals surface area contributed by atoms with E-state index in [0.29, 0.717) is 13.0 Å². The molecular weight excluding hydrogens is 306 g/mol. The summed E-state index contributed by atoms with van der Waals surface area (Å²) in [6.45, 7) is 3.27. The second-order valence-electron chi connectivity index (χ2n) is 6.45. The van der Waals surface area contributed by atoms with E-state index < -0.39 is 12.0 Å². The van der Waals surface area contributed by atoms with Crippen LogP contribution in [0, 0.1) is 18.8 Å². The third kappa shape index (κ3) is 3.40. The molecule has 1 aliphatic heterocycles. The van der Waals surface area contributed by atoms with Crippen molar-refractivity contribution in [3.8, 4) is 0 Å². The molecule has 0 bridgehead atoms. The number of piperidine rings is 1. The van der Waals surface area contributed by atoms with Crippen molar-refractivity contribution in [2.75, 3.05) is 13.1 Å². The van der Waals surface area contributed by atoms with E-state index in [1.54, 1.807) is 5.48 Å². The quantitative estimate of drug-likeness (QED) is 0.592. The lowest BCUT2D eigenvalue weighted by atomic mass is 9.77. The summed E-state index contributed by atoms with van der Waals surface area (Å²) in [7, 11) is 0. The number of carbonyl (C=O) groups is 1. The normalized spacial score (nSPS) is 22.3. The molecule has 24 heavy (non-hydrogen) atoms. The van der Waals surface area contributed by atoms with Crippen LogP contribution in [0.5, 0.6) is 0 Å². The molecule has 127 valence electrons. The van der Waals surface area contributed by atoms with Crippen LogP contribution >= 0.6 is 0 Å². The summed E-state index contributed by atoms with van der Waals surface area (Å²) < 4.78 is 0. The van der Waals surface area contributed by atoms with E-state index >= 15 is 0 Å². The van der Waals surface area contributed by atoms with Crippen LogP contribution in [0.3, 0.4) is 0 Å². The number of fused-ring (bicyclic) bond motifs is 1. The van der Waals surface area contributed by atoms with E-state index in [2.05, 4.69) is 10.3 Å². The number of aromatic nitrogens is 1. The van der Waals surface area contributed by atoms with Gasteiger partial charge in [-0.25, -0.2) is 10.6 Å². The van der Waals surface area contributed by atoms with E-state index in [1.165, 1.54) is 0 Å². The fourth-order valence-corrected chi connectivity index (χ4v) is 3.66. The average Bonchev–Trinajstić information content (AvgIpc) is 2.60. The maximum Gasteiger partial charge on any atom is 0.243 e. The van der Waals surface area contributed by atoms with Crippen LogP contribution in [0.2, 0.25) is 0 Å². The minimum absolute atomic E-state index is 0.0966. The summed E-state index contributed by atoms with van der Waals surface area (Å²) in [6, 6.07) is 9.54. The topological polar surface area (TPSA) is 94.2 Å². The highest BCUT2D eigenvalue weighted by Gasteiger charge is 2.34. The Labute approximate surface area is 140 Å². The molecule has 3 rings (SSSR count). The molecule has 2 aromatic rings. The number of aryl methyl sites for hydroxylation is 1. The molecule has 1 aromatic heterocycles. The largest absolute Gasteiger partial charge is 0.316 e. The Bertz CT molecular complexity index is 735. The van der Waals surface area contributed by atoms with E-state index in [-0.39, 0.29) is 18.3 Å². The maximum atomic E-state index is 13.3. The van der Waals surface area contributed by atoms with E-state index in [4.69, 9.17) is 5.21 Å². The number of hydroxylamine groups is 1. The minimum Gasteiger partial charge on any atom is -0.316 e. The van der Waals surface area contributed by atoms with Gasteiger partial charge in [0.15, 0.2) is 0 Å².